The number of nitrogens with zero attached hydrogens (tertiary/aromatic N) is 1. The molecule has 0 aliphatic carbocycles. The standard InChI is InChI=1S/C22H22N2O4/c1-13(2)10-18(25)19-20(16-11-23-17-8-4-3-7-15(16)17)24(22(27)21(19)26)12-14-6-5-9-28-14/h3-9,11,13,20,23,26H,10,12H2,1-2H3. The van der Waals surface area contributed by atoms with E-state index in [4.69, 9.17) is 4.42 Å². The molecule has 1 aliphatic rings. The minimum absolute atomic E-state index is 0.116. The van der Waals surface area contributed by atoms with Crippen LogP contribution in [0.25, 0.3) is 10.9 Å². The lowest BCUT2D eigenvalue weighted by Gasteiger charge is -2.25. The second-order valence-corrected chi connectivity index (χ2v) is 7.49. The highest BCUT2D eigenvalue weighted by Gasteiger charge is 2.44. The minimum atomic E-state index is -0.667. The van der Waals surface area contributed by atoms with E-state index in [1.165, 1.54) is 11.2 Å². The van der Waals surface area contributed by atoms with Crippen LogP contribution < -0.4 is 0 Å². The molecule has 1 aliphatic heterocycles. The summed E-state index contributed by atoms with van der Waals surface area (Å²) in [6.45, 7) is 4.04. The predicted molar refractivity (Wildman–Crippen MR) is 104 cm³/mol. The number of aromatic amines is 1. The first-order valence-corrected chi connectivity index (χ1v) is 9.33. The number of hydrogen-bond donors (Lipinski definition) is 2. The lowest BCUT2D eigenvalue weighted by Crippen LogP contribution is -2.30. The molecule has 0 radical (unpaired) electrons. The maximum Gasteiger partial charge on any atom is 0.290 e. The van der Waals surface area contributed by atoms with E-state index in [0.29, 0.717) is 5.76 Å². The van der Waals surface area contributed by atoms with Gasteiger partial charge in [0.25, 0.3) is 5.91 Å². The Kier molecular flexibility index (Phi) is 4.55. The summed E-state index contributed by atoms with van der Waals surface area (Å²) in [6.07, 6.45) is 3.60. The number of carbonyl (C=O) groups excluding carboxylic acids is 2. The molecule has 0 spiro atoms. The number of aromatic nitrogens is 1. The lowest BCUT2D eigenvalue weighted by atomic mass is 9.92. The van der Waals surface area contributed by atoms with Crippen molar-refractivity contribution in [3.05, 3.63) is 71.5 Å². The van der Waals surface area contributed by atoms with E-state index in [9.17, 15) is 14.7 Å². The number of ketones is 1. The van der Waals surface area contributed by atoms with Crippen molar-refractivity contribution in [2.24, 2.45) is 5.92 Å². The number of carbonyl (C=O) groups is 2. The highest BCUT2D eigenvalue weighted by molar-refractivity contribution is 6.09. The van der Waals surface area contributed by atoms with Gasteiger partial charge < -0.3 is 19.4 Å². The van der Waals surface area contributed by atoms with Crippen molar-refractivity contribution in [1.82, 2.24) is 9.88 Å². The first-order chi connectivity index (χ1) is 13.5. The van der Waals surface area contributed by atoms with Crippen molar-refractivity contribution in [2.45, 2.75) is 32.9 Å². The van der Waals surface area contributed by atoms with E-state index in [0.717, 1.165) is 16.5 Å². The zero-order chi connectivity index (χ0) is 19.8. The Bertz CT molecular complexity index is 1060. The molecule has 28 heavy (non-hydrogen) atoms. The van der Waals surface area contributed by atoms with Crippen molar-refractivity contribution in [3.8, 4) is 0 Å². The highest BCUT2D eigenvalue weighted by atomic mass is 16.3. The number of fused-ring (bicyclic) bond motifs is 1. The van der Waals surface area contributed by atoms with E-state index < -0.39 is 17.7 Å². The maximum absolute atomic E-state index is 13.0. The highest BCUT2D eigenvalue weighted by Crippen LogP contribution is 2.42. The molecule has 1 aromatic carbocycles. The van der Waals surface area contributed by atoms with Crippen LogP contribution in [-0.2, 0) is 16.1 Å². The lowest BCUT2D eigenvalue weighted by molar-refractivity contribution is -0.130. The summed E-state index contributed by atoms with van der Waals surface area (Å²) < 4.78 is 5.41. The zero-order valence-corrected chi connectivity index (χ0v) is 15.8. The largest absolute Gasteiger partial charge is 0.503 e. The van der Waals surface area contributed by atoms with Gasteiger partial charge in [0.05, 0.1) is 24.4 Å². The molecule has 0 fully saturated rings. The Morgan fingerprint density at radius 2 is 2.04 bits per heavy atom. The molecule has 1 atom stereocenters. The molecule has 2 aromatic heterocycles. The van der Waals surface area contributed by atoms with Gasteiger partial charge in [-0.15, -0.1) is 0 Å². The van der Waals surface area contributed by atoms with Gasteiger partial charge in [0.2, 0.25) is 0 Å². The first kappa shape index (κ1) is 18.1. The molecule has 3 heterocycles. The van der Waals surface area contributed by atoms with E-state index in [1.54, 1.807) is 18.3 Å². The molecule has 6 heteroatoms. The van der Waals surface area contributed by atoms with Gasteiger partial charge in [-0.2, -0.15) is 0 Å². The summed E-state index contributed by atoms with van der Waals surface area (Å²) in [5, 5.41) is 11.5. The van der Waals surface area contributed by atoms with Crippen LogP contribution in [-0.4, -0.2) is 26.7 Å². The smallest absolute Gasteiger partial charge is 0.290 e. The number of furan rings is 1. The minimum Gasteiger partial charge on any atom is -0.503 e. The van der Waals surface area contributed by atoms with Gasteiger partial charge in [0, 0.05) is 29.1 Å². The predicted octanol–water partition coefficient (Wildman–Crippen LogP) is 4.27. The number of para-hydroxylation sites is 1. The van der Waals surface area contributed by atoms with Crippen LogP contribution >= 0.6 is 0 Å². The average molecular weight is 378 g/mol. The maximum atomic E-state index is 13.0. The number of rotatable bonds is 6. The summed E-state index contributed by atoms with van der Waals surface area (Å²) in [5.74, 6) is -0.529. The molecule has 6 nitrogen and oxygen atoms in total. The van der Waals surface area contributed by atoms with Crippen LogP contribution in [0, 0.1) is 5.92 Å². The number of hydrogen-bond acceptors (Lipinski definition) is 4. The summed E-state index contributed by atoms with van der Waals surface area (Å²) in [7, 11) is 0. The number of benzene rings is 1. The first-order valence-electron chi connectivity index (χ1n) is 9.33. The van der Waals surface area contributed by atoms with Gasteiger partial charge in [-0.25, -0.2) is 0 Å². The summed E-state index contributed by atoms with van der Waals surface area (Å²) >= 11 is 0. The number of H-pyrrole nitrogens is 1. The molecule has 0 bridgehead atoms. The van der Waals surface area contributed by atoms with Crippen LogP contribution in [0.4, 0.5) is 0 Å². The Morgan fingerprint density at radius 1 is 1.25 bits per heavy atom. The second-order valence-electron chi connectivity index (χ2n) is 7.49. The third kappa shape index (κ3) is 3.01. The quantitative estimate of drug-likeness (QED) is 0.671. The van der Waals surface area contributed by atoms with Crippen LogP contribution in [0.3, 0.4) is 0 Å². The molecule has 4 rings (SSSR count). The SMILES string of the molecule is CC(C)CC(=O)C1=C(O)C(=O)N(Cc2ccco2)C1c1c[nH]c2ccccc12. The fraction of sp³-hybridized carbons (Fsp3) is 0.273. The Labute approximate surface area is 162 Å². The van der Waals surface area contributed by atoms with Gasteiger partial charge >= 0.3 is 0 Å². The number of amides is 1. The van der Waals surface area contributed by atoms with Crippen molar-refractivity contribution in [3.63, 3.8) is 0 Å². The Morgan fingerprint density at radius 3 is 2.75 bits per heavy atom. The number of aliphatic hydroxyl groups excluding tert-OH is 1. The van der Waals surface area contributed by atoms with E-state index in [-0.39, 0.29) is 30.2 Å². The van der Waals surface area contributed by atoms with E-state index >= 15 is 0 Å². The summed E-state index contributed by atoms with van der Waals surface area (Å²) in [6, 6.07) is 10.6. The summed E-state index contributed by atoms with van der Waals surface area (Å²) in [5.41, 5.74) is 1.85. The fourth-order valence-corrected chi connectivity index (χ4v) is 3.80. The van der Waals surface area contributed by atoms with Crippen molar-refractivity contribution in [2.75, 3.05) is 0 Å². The van der Waals surface area contributed by atoms with Crippen LogP contribution in [0.5, 0.6) is 0 Å². The Hall–Kier alpha value is -3.28. The Balaban J connectivity index is 1.83. The molecular formula is C22H22N2O4. The van der Waals surface area contributed by atoms with E-state index in [1.807, 2.05) is 38.1 Å². The van der Waals surface area contributed by atoms with Gasteiger partial charge in [-0.05, 0) is 24.1 Å². The third-order valence-electron chi connectivity index (χ3n) is 5.02. The average Bonchev–Trinajstić information content (AvgIpc) is 3.36. The molecule has 0 saturated heterocycles. The summed E-state index contributed by atoms with van der Waals surface area (Å²) in [4.78, 5) is 30.6. The second kappa shape index (κ2) is 7.03. The number of nitrogens with one attached hydrogen (secondary N) is 1. The van der Waals surface area contributed by atoms with Crippen molar-refractivity contribution in [1.29, 1.82) is 0 Å². The van der Waals surface area contributed by atoms with E-state index in [2.05, 4.69) is 4.98 Å². The molecule has 3 aromatic rings. The van der Waals surface area contributed by atoms with Gasteiger partial charge in [0.15, 0.2) is 11.5 Å². The molecule has 0 saturated carbocycles. The normalized spacial score (nSPS) is 17.3. The van der Waals surface area contributed by atoms with Crippen molar-refractivity contribution < 1.29 is 19.1 Å². The molecule has 1 unspecified atom stereocenters. The monoisotopic (exact) mass is 378 g/mol. The van der Waals surface area contributed by atoms with Crippen LogP contribution in [0.2, 0.25) is 0 Å². The molecule has 1 amide bonds. The fourth-order valence-electron chi connectivity index (χ4n) is 3.80. The molecule has 2 N–H and O–H groups in total. The zero-order valence-electron chi connectivity index (χ0n) is 15.8. The van der Waals surface area contributed by atoms with Crippen LogP contribution in [0.15, 0.2) is 64.6 Å². The van der Waals surface area contributed by atoms with Crippen molar-refractivity contribution >= 4 is 22.6 Å². The van der Waals surface area contributed by atoms with Gasteiger partial charge in [-0.1, -0.05) is 32.0 Å². The topological polar surface area (TPSA) is 86.5 Å². The number of Topliss-reactive ketones (excluding diaryl/α,β-unsaturated/α-hetero) is 1. The molecular weight excluding hydrogens is 356 g/mol. The number of aliphatic hydroxyl groups is 1. The van der Waals surface area contributed by atoms with Gasteiger partial charge in [-0.3, -0.25) is 9.59 Å². The van der Waals surface area contributed by atoms with Crippen LogP contribution in [0.1, 0.15) is 37.6 Å². The van der Waals surface area contributed by atoms with Gasteiger partial charge in [0.1, 0.15) is 5.76 Å². The molecule has 144 valence electrons. The third-order valence-corrected chi connectivity index (χ3v) is 5.02.